The number of carbonyl (C=O) groups is 1. The first-order valence-electron chi connectivity index (χ1n) is 7.32. The van der Waals surface area contributed by atoms with Crippen LogP contribution in [-0.4, -0.2) is 34.1 Å². The van der Waals surface area contributed by atoms with E-state index in [-0.39, 0.29) is 5.69 Å². The van der Waals surface area contributed by atoms with Gasteiger partial charge in [-0.25, -0.2) is 9.18 Å². The van der Waals surface area contributed by atoms with Crippen molar-refractivity contribution >= 4 is 5.97 Å². The van der Waals surface area contributed by atoms with Crippen molar-refractivity contribution in [1.29, 1.82) is 0 Å². The summed E-state index contributed by atoms with van der Waals surface area (Å²) in [5, 5.41) is 13.0. The average Bonchev–Trinajstić information content (AvgIpc) is 2.75. The predicted octanol–water partition coefficient (Wildman–Crippen LogP) is 2.98. The number of halogens is 1. The second-order valence-corrected chi connectivity index (χ2v) is 5.40. The number of aryl methyl sites for hydroxylation is 1. The maximum Gasteiger partial charge on any atom is 0.356 e. The highest BCUT2D eigenvalue weighted by Crippen LogP contribution is 2.40. The van der Waals surface area contributed by atoms with E-state index in [0.29, 0.717) is 41.5 Å². The summed E-state index contributed by atoms with van der Waals surface area (Å²) in [6.07, 6.45) is -0.496. The Balaban J connectivity index is 2.17. The number of rotatable bonds is 3. The van der Waals surface area contributed by atoms with Gasteiger partial charge in [-0.3, -0.25) is 4.68 Å². The molecule has 0 saturated heterocycles. The molecule has 1 aliphatic rings. The van der Waals surface area contributed by atoms with Crippen LogP contribution in [0.15, 0.2) is 18.2 Å². The monoisotopic (exact) mass is 320 g/mol. The van der Waals surface area contributed by atoms with Crippen molar-refractivity contribution in [2.75, 3.05) is 13.2 Å². The van der Waals surface area contributed by atoms with E-state index in [1.807, 2.05) is 0 Å². The Morgan fingerprint density at radius 1 is 1.30 bits per heavy atom. The Labute approximate surface area is 132 Å². The maximum absolute atomic E-state index is 14.1. The van der Waals surface area contributed by atoms with E-state index in [1.165, 1.54) is 17.7 Å². The van der Waals surface area contributed by atoms with E-state index in [4.69, 9.17) is 14.6 Å². The van der Waals surface area contributed by atoms with Crippen molar-refractivity contribution in [2.24, 2.45) is 7.05 Å². The molecule has 0 fully saturated rings. The molecule has 2 heterocycles. The molecule has 2 aromatic rings. The SMILES string of the molecule is CC(F)c1cc2c(cc1-c1cc(C(=O)O)nn1C)OCCCO2. The van der Waals surface area contributed by atoms with E-state index in [9.17, 15) is 9.18 Å². The van der Waals surface area contributed by atoms with E-state index < -0.39 is 12.1 Å². The molecule has 1 aromatic heterocycles. The lowest BCUT2D eigenvalue weighted by atomic mass is 9.99. The van der Waals surface area contributed by atoms with Gasteiger partial charge in [0.15, 0.2) is 17.2 Å². The second kappa shape index (κ2) is 5.91. The number of carboxylic acids is 1. The lowest BCUT2D eigenvalue weighted by Crippen LogP contribution is -2.01. The van der Waals surface area contributed by atoms with Gasteiger partial charge in [-0.2, -0.15) is 5.10 Å². The van der Waals surface area contributed by atoms with Gasteiger partial charge in [0.05, 0.1) is 18.9 Å². The molecule has 1 atom stereocenters. The molecule has 0 spiro atoms. The van der Waals surface area contributed by atoms with Crippen molar-refractivity contribution in [3.05, 3.63) is 29.5 Å². The second-order valence-electron chi connectivity index (χ2n) is 5.40. The number of hydrogen-bond donors (Lipinski definition) is 1. The molecule has 0 aliphatic carbocycles. The van der Waals surface area contributed by atoms with E-state index in [1.54, 1.807) is 19.2 Å². The zero-order valence-electron chi connectivity index (χ0n) is 12.9. The number of nitrogens with zero attached hydrogens (tertiary/aromatic N) is 2. The third kappa shape index (κ3) is 2.86. The van der Waals surface area contributed by atoms with Gasteiger partial charge in [-0.05, 0) is 30.7 Å². The first-order valence-corrected chi connectivity index (χ1v) is 7.32. The van der Waals surface area contributed by atoms with Crippen LogP contribution < -0.4 is 9.47 Å². The number of benzene rings is 1. The van der Waals surface area contributed by atoms with Crippen LogP contribution in [0.2, 0.25) is 0 Å². The number of aromatic carboxylic acids is 1. The third-order valence-corrected chi connectivity index (χ3v) is 3.72. The maximum atomic E-state index is 14.1. The number of aromatic nitrogens is 2. The average molecular weight is 320 g/mol. The first-order chi connectivity index (χ1) is 11.0. The van der Waals surface area contributed by atoms with Crippen LogP contribution in [0, 0.1) is 0 Å². The van der Waals surface area contributed by atoms with Gasteiger partial charge < -0.3 is 14.6 Å². The van der Waals surface area contributed by atoms with E-state index in [2.05, 4.69) is 5.10 Å². The Hall–Kier alpha value is -2.57. The predicted molar refractivity (Wildman–Crippen MR) is 80.7 cm³/mol. The summed E-state index contributed by atoms with van der Waals surface area (Å²) in [6.45, 7) is 2.46. The van der Waals surface area contributed by atoms with Gasteiger partial charge in [0.1, 0.15) is 6.17 Å². The summed E-state index contributed by atoms with van der Waals surface area (Å²) in [7, 11) is 1.62. The highest BCUT2D eigenvalue weighted by Gasteiger charge is 2.22. The highest BCUT2D eigenvalue weighted by atomic mass is 19.1. The fourth-order valence-electron chi connectivity index (χ4n) is 2.60. The summed E-state index contributed by atoms with van der Waals surface area (Å²) < 4.78 is 26.8. The number of alkyl halides is 1. The molecule has 7 heteroatoms. The zero-order chi connectivity index (χ0) is 16.6. The summed E-state index contributed by atoms with van der Waals surface area (Å²) in [5.41, 5.74) is 1.38. The lowest BCUT2D eigenvalue weighted by Gasteiger charge is -2.15. The standard InChI is InChI=1S/C16H17FN2O4/c1-9(17)10-6-14-15(23-5-3-4-22-14)7-11(10)13-8-12(16(20)21)18-19(13)2/h6-9H,3-5H2,1-2H3,(H,20,21). The molecular weight excluding hydrogens is 303 g/mol. The fourth-order valence-corrected chi connectivity index (χ4v) is 2.60. The Morgan fingerprint density at radius 3 is 2.52 bits per heavy atom. The molecule has 1 unspecified atom stereocenters. The van der Waals surface area contributed by atoms with Crippen molar-refractivity contribution in [3.63, 3.8) is 0 Å². The van der Waals surface area contributed by atoms with E-state index in [0.717, 1.165) is 6.42 Å². The topological polar surface area (TPSA) is 73.6 Å². The summed E-state index contributed by atoms with van der Waals surface area (Å²) in [5.74, 6) is -0.0950. The number of carboxylic acid groups (broad SMARTS) is 1. The molecule has 122 valence electrons. The largest absolute Gasteiger partial charge is 0.490 e. The van der Waals surface area contributed by atoms with Crippen molar-refractivity contribution in [1.82, 2.24) is 9.78 Å². The van der Waals surface area contributed by atoms with Gasteiger partial charge in [-0.15, -0.1) is 0 Å². The summed E-state index contributed by atoms with van der Waals surface area (Å²) >= 11 is 0. The number of fused-ring (bicyclic) bond motifs is 1. The van der Waals surface area contributed by atoms with E-state index >= 15 is 0 Å². The van der Waals surface area contributed by atoms with Crippen LogP contribution in [0.1, 0.15) is 35.6 Å². The number of ether oxygens (including phenoxy) is 2. The van der Waals surface area contributed by atoms with Crippen LogP contribution in [0.3, 0.4) is 0 Å². The Bertz CT molecular complexity index is 755. The zero-order valence-corrected chi connectivity index (χ0v) is 12.9. The Morgan fingerprint density at radius 2 is 1.96 bits per heavy atom. The normalized spacial score (nSPS) is 15.1. The minimum Gasteiger partial charge on any atom is -0.490 e. The molecule has 1 aromatic carbocycles. The van der Waals surface area contributed by atoms with Crippen molar-refractivity contribution in [2.45, 2.75) is 19.5 Å². The van der Waals surface area contributed by atoms with Crippen LogP contribution in [-0.2, 0) is 7.05 Å². The quantitative estimate of drug-likeness (QED) is 0.941. The molecule has 6 nitrogen and oxygen atoms in total. The summed E-state index contributed by atoms with van der Waals surface area (Å²) in [6, 6.07) is 4.73. The first kappa shape index (κ1) is 15.3. The van der Waals surface area contributed by atoms with Crippen LogP contribution in [0.25, 0.3) is 11.3 Å². The minimum absolute atomic E-state index is 0.0907. The molecule has 0 saturated carbocycles. The molecule has 0 radical (unpaired) electrons. The van der Waals surface area contributed by atoms with Crippen molar-refractivity contribution < 1.29 is 23.8 Å². The molecule has 0 amide bonds. The van der Waals surface area contributed by atoms with Gasteiger partial charge in [0.2, 0.25) is 0 Å². The minimum atomic E-state index is -1.25. The van der Waals surface area contributed by atoms with Gasteiger partial charge in [0.25, 0.3) is 0 Å². The van der Waals surface area contributed by atoms with Gasteiger partial charge >= 0.3 is 5.97 Å². The molecular formula is C16H17FN2O4. The molecule has 1 aliphatic heterocycles. The van der Waals surface area contributed by atoms with Gasteiger partial charge in [0, 0.05) is 19.0 Å². The fraction of sp³-hybridized carbons (Fsp3) is 0.375. The van der Waals surface area contributed by atoms with Crippen LogP contribution >= 0.6 is 0 Å². The van der Waals surface area contributed by atoms with Gasteiger partial charge in [-0.1, -0.05) is 0 Å². The van der Waals surface area contributed by atoms with Crippen LogP contribution in [0.4, 0.5) is 4.39 Å². The van der Waals surface area contributed by atoms with Crippen LogP contribution in [0.5, 0.6) is 11.5 Å². The van der Waals surface area contributed by atoms with Crippen molar-refractivity contribution in [3.8, 4) is 22.8 Å². The molecule has 23 heavy (non-hydrogen) atoms. The molecule has 0 bridgehead atoms. The lowest BCUT2D eigenvalue weighted by molar-refractivity contribution is 0.0689. The highest BCUT2D eigenvalue weighted by molar-refractivity contribution is 5.87. The summed E-state index contributed by atoms with van der Waals surface area (Å²) in [4.78, 5) is 11.1. The molecule has 1 N–H and O–H groups in total. The molecule has 3 rings (SSSR count). The third-order valence-electron chi connectivity index (χ3n) is 3.72. The smallest absolute Gasteiger partial charge is 0.356 e. The Kier molecular flexibility index (Phi) is 3.94. The number of hydrogen-bond acceptors (Lipinski definition) is 4.